The van der Waals surface area contributed by atoms with Crippen LogP contribution in [0.15, 0.2) is 77.9 Å². The zero-order valence-corrected chi connectivity index (χ0v) is 16.1. The number of rotatable bonds is 6. The summed E-state index contributed by atoms with van der Waals surface area (Å²) in [6.07, 6.45) is 1.42. The third kappa shape index (κ3) is 5.27. The normalized spacial score (nSPS) is 10.6. The number of nitrogens with one attached hydrogen (secondary N) is 1. The molecule has 1 N–H and O–H groups in total. The van der Waals surface area contributed by atoms with Crippen LogP contribution in [0.3, 0.4) is 0 Å². The molecule has 0 atom stereocenters. The van der Waals surface area contributed by atoms with Gasteiger partial charge in [0, 0.05) is 16.7 Å². The van der Waals surface area contributed by atoms with Crippen molar-refractivity contribution in [2.45, 2.75) is 0 Å². The van der Waals surface area contributed by atoms with Crippen LogP contribution in [-0.2, 0) is 0 Å². The Kier molecular flexibility index (Phi) is 6.51. The second kappa shape index (κ2) is 9.44. The number of halogens is 1. The maximum absolute atomic E-state index is 12.2. The largest absolute Gasteiger partial charge is 0.423 e. The summed E-state index contributed by atoms with van der Waals surface area (Å²) in [6, 6.07) is 18.1. The van der Waals surface area contributed by atoms with Crippen molar-refractivity contribution in [2.24, 2.45) is 5.10 Å². The third-order valence-corrected chi connectivity index (χ3v) is 4.15. The van der Waals surface area contributed by atoms with E-state index in [4.69, 9.17) is 16.3 Å². The summed E-state index contributed by atoms with van der Waals surface area (Å²) in [6.45, 7) is 0. The molecule has 0 aliphatic heterocycles. The van der Waals surface area contributed by atoms with Crippen molar-refractivity contribution >= 4 is 35.4 Å². The molecule has 3 aromatic rings. The summed E-state index contributed by atoms with van der Waals surface area (Å²) in [5.74, 6) is -1.02. The molecule has 0 aromatic heterocycles. The van der Waals surface area contributed by atoms with Crippen LogP contribution in [0.25, 0.3) is 0 Å². The lowest BCUT2D eigenvalue weighted by molar-refractivity contribution is -0.385. The van der Waals surface area contributed by atoms with Crippen LogP contribution in [0.1, 0.15) is 26.3 Å². The Balaban J connectivity index is 1.60. The second-order valence-corrected chi connectivity index (χ2v) is 6.38. The van der Waals surface area contributed by atoms with Crippen molar-refractivity contribution in [3.63, 3.8) is 0 Å². The Morgan fingerprint density at radius 2 is 1.67 bits per heavy atom. The average molecular weight is 424 g/mol. The molecule has 3 aromatic carbocycles. The van der Waals surface area contributed by atoms with Crippen LogP contribution in [0.5, 0.6) is 5.75 Å². The Hall–Kier alpha value is -4.04. The number of carbonyl (C=O) groups is 2. The SMILES string of the molecule is O=C(N/N=C\c1ccc(OC(=O)c2ccccc2[N+](=O)[O-])cc1)c1ccc(Cl)cc1. The number of nitro groups is 1. The number of hydrazone groups is 1. The van der Waals surface area contributed by atoms with Gasteiger partial charge in [-0.3, -0.25) is 14.9 Å². The van der Waals surface area contributed by atoms with E-state index < -0.39 is 16.8 Å². The molecule has 0 aliphatic carbocycles. The molecule has 9 heteroatoms. The van der Waals surface area contributed by atoms with Gasteiger partial charge in [0.1, 0.15) is 11.3 Å². The smallest absolute Gasteiger partial charge is 0.350 e. The number of esters is 1. The van der Waals surface area contributed by atoms with E-state index in [0.29, 0.717) is 16.1 Å². The van der Waals surface area contributed by atoms with Gasteiger partial charge in [-0.25, -0.2) is 10.2 Å². The summed E-state index contributed by atoms with van der Waals surface area (Å²) in [7, 11) is 0. The highest BCUT2D eigenvalue weighted by molar-refractivity contribution is 6.30. The van der Waals surface area contributed by atoms with Gasteiger partial charge in [-0.1, -0.05) is 23.7 Å². The number of carbonyl (C=O) groups excluding carboxylic acids is 2. The van der Waals surface area contributed by atoms with E-state index in [1.165, 1.54) is 42.6 Å². The van der Waals surface area contributed by atoms with Crippen molar-refractivity contribution in [3.05, 3.63) is 105 Å². The van der Waals surface area contributed by atoms with E-state index in [1.54, 1.807) is 36.4 Å². The Labute approximate surface area is 175 Å². The van der Waals surface area contributed by atoms with Gasteiger partial charge in [0.2, 0.25) is 0 Å². The van der Waals surface area contributed by atoms with Crippen molar-refractivity contribution in [1.29, 1.82) is 0 Å². The lowest BCUT2D eigenvalue weighted by Gasteiger charge is -2.05. The minimum atomic E-state index is -0.834. The van der Waals surface area contributed by atoms with Gasteiger partial charge in [0.05, 0.1) is 11.1 Å². The topological polar surface area (TPSA) is 111 Å². The number of ether oxygens (including phenoxy) is 1. The zero-order valence-electron chi connectivity index (χ0n) is 15.3. The minimum Gasteiger partial charge on any atom is -0.423 e. The van der Waals surface area contributed by atoms with Gasteiger partial charge in [-0.05, 0) is 60.2 Å². The highest BCUT2D eigenvalue weighted by Gasteiger charge is 2.20. The number of nitro benzene ring substituents is 1. The fraction of sp³-hybridized carbons (Fsp3) is 0. The maximum Gasteiger partial charge on any atom is 0.350 e. The Morgan fingerprint density at radius 3 is 2.33 bits per heavy atom. The van der Waals surface area contributed by atoms with E-state index in [1.807, 2.05) is 0 Å². The fourth-order valence-electron chi connectivity index (χ4n) is 2.42. The molecule has 30 heavy (non-hydrogen) atoms. The first-order valence-corrected chi connectivity index (χ1v) is 8.96. The molecule has 150 valence electrons. The van der Waals surface area contributed by atoms with Gasteiger partial charge in [0.15, 0.2) is 0 Å². The Bertz CT molecular complexity index is 1110. The highest BCUT2D eigenvalue weighted by atomic mass is 35.5. The number of amides is 1. The standard InChI is InChI=1S/C21H14ClN3O5/c22-16-9-7-15(8-10-16)20(26)24-23-13-14-5-11-17(12-6-14)30-21(27)18-3-1-2-4-19(18)25(28)29/h1-13H,(H,24,26)/b23-13-. The molecule has 0 bridgehead atoms. The van der Waals surface area contributed by atoms with Gasteiger partial charge in [-0.2, -0.15) is 5.10 Å². The van der Waals surface area contributed by atoms with Crippen LogP contribution in [-0.4, -0.2) is 23.0 Å². The first-order valence-electron chi connectivity index (χ1n) is 8.58. The molecule has 0 spiro atoms. The van der Waals surface area contributed by atoms with Crippen LogP contribution >= 0.6 is 11.6 Å². The predicted molar refractivity (Wildman–Crippen MR) is 111 cm³/mol. The fourth-order valence-corrected chi connectivity index (χ4v) is 2.55. The van der Waals surface area contributed by atoms with Gasteiger partial charge >= 0.3 is 5.97 Å². The highest BCUT2D eigenvalue weighted by Crippen LogP contribution is 2.20. The summed E-state index contributed by atoms with van der Waals surface area (Å²) in [5, 5.41) is 15.4. The summed E-state index contributed by atoms with van der Waals surface area (Å²) in [5.41, 5.74) is 2.97. The van der Waals surface area contributed by atoms with E-state index in [0.717, 1.165) is 0 Å². The van der Waals surface area contributed by atoms with Crippen molar-refractivity contribution in [3.8, 4) is 5.75 Å². The molecule has 3 rings (SSSR count). The third-order valence-electron chi connectivity index (χ3n) is 3.90. The number of benzene rings is 3. The molecule has 0 unspecified atom stereocenters. The zero-order chi connectivity index (χ0) is 21.5. The molecule has 1 amide bonds. The lowest BCUT2D eigenvalue weighted by Crippen LogP contribution is -2.17. The first-order chi connectivity index (χ1) is 14.4. The molecule has 0 fully saturated rings. The molecule has 8 nitrogen and oxygen atoms in total. The summed E-state index contributed by atoms with van der Waals surface area (Å²) in [4.78, 5) is 34.6. The molecular weight excluding hydrogens is 410 g/mol. The average Bonchev–Trinajstić information content (AvgIpc) is 2.75. The number of para-hydroxylation sites is 1. The van der Waals surface area contributed by atoms with Crippen molar-refractivity contribution < 1.29 is 19.2 Å². The first kappa shape index (κ1) is 20.7. The number of nitrogens with zero attached hydrogens (tertiary/aromatic N) is 2. The Morgan fingerprint density at radius 1 is 1.00 bits per heavy atom. The van der Waals surface area contributed by atoms with Crippen LogP contribution in [0.4, 0.5) is 5.69 Å². The number of hydrogen-bond acceptors (Lipinski definition) is 6. The predicted octanol–water partition coefficient (Wildman–Crippen LogP) is 4.23. The molecule has 0 aliphatic rings. The molecule has 0 radical (unpaired) electrons. The monoisotopic (exact) mass is 423 g/mol. The molecule has 0 saturated carbocycles. The molecule has 0 heterocycles. The van der Waals surface area contributed by atoms with E-state index >= 15 is 0 Å². The summed E-state index contributed by atoms with van der Waals surface area (Å²) < 4.78 is 5.19. The van der Waals surface area contributed by atoms with Crippen LogP contribution < -0.4 is 10.2 Å². The van der Waals surface area contributed by atoms with Gasteiger partial charge < -0.3 is 4.74 Å². The van der Waals surface area contributed by atoms with E-state index in [-0.39, 0.29) is 17.0 Å². The minimum absolute atomic E-state index is 0.141. The van der Waals surface area contributed by atoms with Crippen molar-refractivity contribution in [2.75, 3.05) is 0 Å². The van der Waals surface area contributed by atoms with Gasteiger partial charge in [0.25, 0.3) is 11.6 Å². The summed E-state index contributed by atoms with van der Waals surface area (Å²) >= 11 is 5.78. The van der Waals surface area contributed by atoms with Crippen molar-refractivity contribution in [1.82, 2.24) is 5.43 Å². The molecule has 0 saturated heterocycles. The quantitative estimate of drug-likeness (QED) is 0.210. The second-order valence-electron chi connectivity index (χ2n) is 5.94. The van der Waals surface area contributed by atoms with E-state index in [9.17, 15) is 19.7 Å². The van der Waals surface area contributed by atoms with E-state index in [2.05, 4.69) is 10.5 Å². The van der Waals surface area contributed by atoms with Crippen LogP contribution in [0, 0.1) is 10.1 Å². The number of hydrogen-bond donors (Lipinski definition) is 1. The van der Waals surface area contributed by atoms with Gasteiger partial charge in [-0.15, -0.1) is 0 Å². The lowest BCUT2D eigenvalue weighted by atomic mass is 10.2. The molecular formula is C21H14ClN3O5. The maximum atomic E-state index is 12.2. The van der Waals surface area contributed by atoms with Crippen LogP contribution in [0.2, 0.25) is 5.02 Å².